The van der Waals surface area contributed by atoms with Crippen LogP contribution in [-0.2, 0) is 16.1 Å². The molecule has 1 aliphatic carbocycles. The van der Waals surface area contributed by atoms with Crippen LogP contribution in [0.3, 0.4) is 0 Å². The number of pyridine rings is 1. The zero-order valence-electron chi connectivity index (χ0n) is 23.0. The van der Waals surface area contributed by atoms with Crippen LogP contribution in [0.5, 0.6) is 5.88 Å². The van der Waals surface area contributed by atoms with Crippen molar-refractivity contribution in [1.29, 1.82) is 0 Å². The van der Waals surface area contributed by atoms with E-state index in [0.29, 0.717) is 12.5 Å². The number of hydrogen-bond acceptors (Lipinski definition) is 6. The molecule has 0 spiro atoms. The van der Waals surface area contributed by atoms with Crippen LogP contribution in [0.1, 0.15) is 90.2 Å². The van der Waals surface area contributed by atoms with Crippen LogP contribution in [-0.4, -0.2) is 28.6 Å². The minimum Gasteiger partial charge on any atom is -0.472 e. The van der Waals surface area contributed by atoms with E-state index in [0.717, 1.165) is 80.4 Å². The zero-order valence-corrected chi connectivity index (χ0v) is 23.0. The molecule has 37 heavy (non-hydrogen) atoms. The molecule has 0 amide bonds. The molecule has 4 rings (SSSR count). The number of hydrogen-bond donors (Lipinski definition) is 1. The lowest BCUT2D eigenvalue weighted by Gasteiger charge is -2.47. The first kappa shape index (κ1) is 27.0. The summed E-state index contributed by atoms with van der Waals surface area (Å²) in [7, 11) is 0. The summed E-state index contributed by atoms with van der Waals surface area (Å²) in [5, 5.41) is 0. The maximum atomic E-state index is 13.0. The largest absolute Gasteiger partial charge is 0.472 e. The van der Waals surface area contributed by atoms with Gasteiger partial charge in [-0.25, -0.2) is 4.98 Å². The Bertz CT molecular complexity index is 1090. The number of carbonyl (C=O) groups is 1. The number of aromatic nitrogens is 1. The second-order valence-corrected chi connectivity index (χ2v) is 11.5. The summed E-state index contributed by atoms with van der Waals surface area (Å²) >= 11 is 0. The number of nitrogens with zero attached hydrogens (tertiary/aromatic N) is 2. The van der Waals surface area contributed by atoms with Gasteiger partial charge in [0.15, 0.2) is 0 Å². The summed E-state index contributed by atoms with van der Waals surface area (Å²) in [5.41, 5.74) is 9.88. The second kappa shape index (κ2) is 11.6. The predicted octanol–water partition coefficient (Wildman–Crippen LogP) is 6.63. The molecule has 2 unspecified atom stereocenters. The molecule has 1 aromatic heterocycles. The molecule has 1 aliphatic heterocycles. The Balaban J connectivity index is 1.63. The lowest BCUT2D eigenvalue weighted by molar-refractivity contribution is -0.160. The molecule has 2 heterocycles. The molecule has 2 aliphatic rings. The topological polar surface area (TPSA) is 77.7 Å². The van der Waals surface area contributed by atoms with Crippen LogP contribution < -0.4 is 15.4 Å². The number of anilines is 1. The third-order valence-corrected chi connectivity index (χ3v) is 7.78. The summed E-state index contributed by atoms with van der Waals surface area (Å²) in [6.45, 7) is 9.43. The summed E-state index contributed by atoms with van der Waals surface area (Å²) in [5.74, 6) is 0.468. The molecule has 2 atom stereocenters. The lowest BCUT2D eigenvalue weighted by Crippen LogP contribution is -2.50. The van der Waals surface area contributed by atoms with Gasteiger partial charge in [-0.15, -0.1) is 0 Å². The number of carbonyl (C=O) groups excluding carboxylic acids is 1. The summed E-state index contributed by atoms with van der Waals surface area (Å²) < 4.78 is 12.0. The maximum absolute atomic E-state index is 13.0. The third-order valence-electron chi connectivity index (χ3n) is 7.78. The van der Waals surface area contributed by atoms with Gasteiger partial charge in [-0.3, -0.25) is 4.79 Å². The highest BCUT2D eigenvalue weighted by atomic mass is 16.6. The maximum Gasteiger partial charge on any atom is 0.309 e. The van der Waals surface area contributed by atoms with E-state index in [2.05, 4.69) is 41.1 Å². The number of rotatable bonds is 6. The van der Waals surface area contributed by atoms with Crippen LogP contribution in [0.25, 0.3) is 5.70 Å². The quantitative estimate of drug-likeness (QED) is 0.444. The van der Waals surface area contributed by atoms with Crippen LogP contribution in [0.2, 0.25) is 0 Å². The first-order chi connectivity index (χ1) is 17.7. The fourth-order valence-corrected chi connectivity index (χ4v) is 5.82. The molecule has 6 heteroatoms. The number of benzene rings is 1. The summed E-state index contributed by atoms with van der Waals surface area (Å²) in [4.78, 5) is 20.1. The Kier molecular flexibility index (Phi) is 8.46. The van der Waals surface area contributed by atoms with Crippen molar-refractivity contribution in [3.8, 4) is 5.88 Å². The van der Waals surface area contributed by atoms with E-state index in [4.69, 9.17) is 15.2 Å². The molecule has 2 aromatic rings. The molecule has 1 saturated carbocycles. The van der Waals surface area contributed by atoms with Crippen molar-refractivity contribution in [3.05, 3.63) is 59.8 Å². The van der Waals surface area contributed by atoms with Gasteiger partial charge < -0.3 is 20.1 Å². The van der Waals surface area contributed by atoms with E-state index in [-0.39, 0.29) is 17.4 Å². The fourth-order valence-electron chi connectivity index (χ4n) is 5.82. The van der Waals surface area contributed by atoms with Crippen molar-refractivity contribution in [2.24, 2.45) is 11.7 Å². The second-order valence-electron chi connectivity index (χ2n) is 11.5. The molecule has 1 aromatic carbocycles. The summed E-state index contributed by atoms with van der Waals surface area (Å²) in [6.07, 6.45) is 11.7. The SMILES string of the molecule is CCC1(N2CCC=C(N)c3c2ccnc3OCc2ccccc2)CCCCC(C(=O)OC(C)(C)C)CC1. The average Bonchev–Trinajstić information content (AvgIpc) is 3.02. The van der Waals surface area contributed by atoms with Gasteiger partial charge in [0.25, 0.3) is 0 Å². The Morgan fingerprint density at radius 1 is 1.14 bits per heavy atom. The van der Waals surface area contributed by atoms with Crippen molar-refractivity contribution in [1.82, 2.24) is 4.98 Å². The molecular formula is C31H43N3O3. The molecular weight excluding hydrogens is 462 g/mol. The lowest BCUT2D eigenvalue weighted by atomic mass is 9.77. The molecule has 1 fully saturated rings. The number of esters is 1. The third kappa shape index (κ3) is 6.46. The standard InChI is InChI=1S/C31H43N3O3/c1-5-31(18-10-9-14-24(16-19-31)29(35)37-30(2,3)4)34-21-11-15-25(32)27-26(34)17-20-33-28(27)36-22-23-12-7-6-8-13-23/h6-8,12-13,15,17,20,24H,5,9-11,14,16,18-19,21-22,32H2,1-4H3. The highest BCUT2D eigenvalue weighted by molar-refractivity contribution is 5.80. The van der Waals surface area contributed by atoms with Gasteiger partial charge in [0.2, 0.25) is 5.88 Å². The Labute approximate surface area is 222 Å². The summed E-state index contributed by atoms with van der Waals surface area (Å²) in [6, 6.07) is 12.2. The fraction of sp³-hybridized carbons (Fsp3) is 0.548. The van der Waals surface area contributed by atoms with E-state index in [9.17, 15) is 4.79 Å². The van der Waals surface area contributed by atoms with Gasteiger partial charge in [0.1, 0.15) is 12.2 Å². The Morgan fingerprint density at radius 2 is 1.92 bits per heavy atom. The Morgan fingerprint density at radius 3 is 2.65 bits per heavy atom. The molecule has 2 N–H and O–H groups in total. The minimum absolute atomic E-state index is 0.0534. The minimum atomic E-state index is -0.461. The normalized spacial score (nSPS) is 22.6. The van der Waals surface area contributed by atoms with Crippen LogP contribution in [0.15, 0.2) is 48.7 Å². The highest BCUT2D eigenvalue weighted by Gasteiger charge is 2.40. The van der Waals surface area contributed by atoms with Gasteiger partial charge in [-0.2, -0.15) is 0 Å². The van der Waals surface area contributed by atoms with E-state index in [1.807, 2.05) is 45.2 Å². The first-order valence-electron chi connectivity index (χ1n) is 13.8. The average molecular weight is 506 g/mol. The molecule has 6 nitrogen and oxygen atoms in total. The van der Waals surface area contributed by atoms with Crippen molar-refractivity contribution in [3.63, 3.8) is 0 Å². The van der Waals surface area contributed by atoms with Crippen LogP contribution >= 0.6 is 0 Å². The van der Waals surface area contributed by atoms with Gasteiger partial charge in [0.05, 0.1) is 17.2 Å². The van der Waals surface area contributed by atoms with Gasteiger partial charge in [-0.05, 0) is 70.9 Å². The number of nitrogens with two attached hydrogens (primary N) is 1. The van der Waals surface area contributed by atoms with Crippen LogP contribution in [0, 0.1) is 5.92 Å². The molecule has 200 valence electrons. The molecule has 0 saturated heterocycles. The van der Waals surface area contributed by atoms with E-state index in [1.54, 1.807) is 0 Å². The Hall–Kier alpha value is -3.02. The zero-order chi connectivity index (χ0) is 26.5. The van der Waals surface area contributed by atoms with Crippen molar-refractivity contribution < 1.29 is 14.3 Å². The van der Waals surface area contributed by atoms with Crippen LogP contribution in [0.4, 0.5) is 5.69 Å². The molecule has 0 radical (unpaired) electrons. The van der Waals surface area contributed by atoms with E-state index in [1.165, 1.54) is 0 Å². The van der Waals surface area contributed by atoms with Gasteiger partial charge >= 0.3 is 5.97 Å². The van der Waals surface area contributed by atoms with E-state index >= 15 is 0 Å². The van der Waals surface area contributed by atoms with E-state index < -0.39 is 5.60 Å². The van der Waals surface area contributed by atoms with Crippen molar-refractivity contribution in [2.75, 3.05) is 11.4 Å². The smallest absolute Gasteiger partial charge is 0.309 e. The highest BCUT2D eigenvalue weighted by Crippen LogP contribution is 2.44. The van der Waals surface area contributed by atoms with Gasteiger partial charge in [-0.1, -0.05) is 56.2 Å². The number of ether oxygens (including phenoxy) is 2. The monoisotopic (exact) mass is 505 g/mol. The number of fused-ring (bicyclic) bond motifs is 1. The van der Waals surface area contributed by atoms with Crippen molar-refractivity contribution >= 4 is 17.4 Å². The predicted molar refractivity (Wildman–Crippen MR) is 149 cm³/mol. The first-order valence-corrected chi connectivity index (χ1v) is 13.8. The molecule has 0 bridgehead atoms. The van der Waals surface area contributed by atoms with Gasteiger partial charge in [0, 0.05) is 24.0 Å². The van der Waals surface area contributed by atoms with Crippen molar-refractivity contribution in [2.45, 2.75) is 96.8 Å².